The molecule has 0 aliphatic heterocycles. The average Bonchev–Trinajstić information content (AvgIpc) is 3.27. The molecule has 0 radical (unpaired) electrons. The Bertz CT molecular complexity index is 1410. The summed E-state index contributed by atoms with van der Waals surface area (Å²) >= 11 is 0. The summed E-state index contributed by atoms with van der Waals surface area (Å²) in [6, 6.07) is 21.7. The minimum Gasteiger partial charge on any atom is -0.361 e. The zero-order valence-electron chi connectivity index (χ0n) is 17.8. The van der Waals surface area contributed by atoms with Gasteiger partial charge in [-0.05, 0) is 42.0 Å². The molecule has 1 aromatic heterocycles. The van der Waals surface area contributed by atoms with E-state index >= 15 is 0 Å². The Labute approximate surface area is 194 Å². The van der Waals surface area contributed by atoms with Gasteiger partial charge in [0.25, 0.3) is 17.5 Å². The van der Waals surface area contributed by atoms with Crippen LogP contribution in [0.5, 0.6) is 0 Å². The van der Waals surface area contributed by atoms with E-state index in [-0.39, 0.29) is 11.4 Å². The van der Waals surface area contributed by atoms with Gasteiger partial charge in [0.2, 0.25) is 0 Å². The number of para-hydroxylation sites is 1. The minimum absolute atomic E-state index is 0.0706. The Hall–Kier alpha value is -5.05. The summed E-state index contributed by atoms with van der Waals surface area (Å²) in [4.78, 5) is 39.0. The van der Waals surface area contributed by atoms with Crippen molar-refractivity contribution in [2.24, 2.45) is 5.10 Å². The van der Waals surface area contributed by atoms with Crippen LogP contribution in [0.3, 0.4) is 0 Å². The number of nitrogens with zero attached hydrogens (tertiary/aromatic N) is 2. The van der Waals surface area contributed by atoms with E-state index in [1.54, 1.807) is 36.5 Å². The van der Waals surface area contributed by atoms with E-state index in [0.29, 0.717) is 11.1 Å². The fourth-order valence-corrected chi connectivity index (χ4v) is 3.22. The molecule has 4 rings (SSSR count). The summed E-state index contributed by atoms with van der Waals surface area (Å²) in [7, 11) is 0. The topological polar surface area (TPSA) is 129 Å². The number of non-ortho nitro benzene ring substituents is 1. The zero-order valence-corrected chi connectivity index (χ0v) is 17.8. The van der Waals surface area contributed by atoms with E-state index in [2.05, 4.69) is 20.8 Å². The molecular weight excluding hydrogens is 434 g/mol. The molecule has 0 spiro atoms. The Kier molecular flexibility index (Phi) is 6.55. The molecule has 0 aliphatic rings. The van der Waals surface area contributed by atoms with Crippen LogP contribution in [0.25, 0.3) is 17.0 Å². The van der Waals surface area contributed by atoms with E-state index < -0.39 is 16.7 Å². The van der Waals surface area contributed by atoms with Crippen LogP contribution in [0.2, 0.25) is 0 Å². The first-order valence-electron chi connectivity index (χ1n) is 10.2. The van der Waals surface area contributed by atoms with E-state index in [4.69, 9.17) is 0 Å². The van der Waals surface area contributed by atoms with Crippen molar-refractivity contribution < 1.29 is 14.5 Å². The number of rotatable bonds is 7. The standard InChI is InChI=1S/C25H19N5O4/c31-24(18-6-2-1-3-7-18)28-23(14-17-10-12-20(13-11-17)30(33)34)25(32)29-27-16-19-15-26-22-9-5-4-8-21(19)22/h1-16,26H,(H,28,31)(H,29,32)/b23-14-,27-16+. The molecule has 0 bridgehead atoms. The number of aromatic amines is 1. The number of nitro groups is 1. The Balaban J connectivity index is 1.56. The van der Waals surface area contributed by atoms with Crippen molar-refractivity contribution in [3.63, 3.8) is 0 Å². The van der Waals surface area contributed by atoms with Crippen molar-refractivity contribution in [2.45, 2.75) is 0 Å². The van der Waals surface area contributed by atoms with Crippen LogP contribution in [-0.2, 0) is 4.79 Å². The van der Waals surface area contributed by atoms with Crippen LogP contribution < -0.4 is 10.7 Å². The van der Waals surface area contributed by atoms with Crippen molar-refractivity contribution in [3.8, 4) is 0 Å². The van der Waals surface area contributed by atoms with Gasteiger partial charge in [-0.1, -0.05) is 36.4 Å². The van der Waals surface area contributed by atoms with Crippen LogP contribution in [0.15, 0.2) is 95.9 Å². The van der Waals surface area contributed by atoms with Gasteiger partial charge < -0.3 is 10.3 Å². The van der Waals surface area contributed by atoms with Crippen molar-refractivity contribution in [1.82, 2.24) is 15.7 Å². The number of fused-ring (bicyclic) bond motifs is 1. The van der Waals surface area contributed by atoms with Crippen LogP contribution in [0, 0.1) is 10.1 Å². The fraction of sp³-hybridized carbons (Fsp3) is 0. The molecule has 0 aliphatic carbocycles. The van der Waals surface area contributed by atoms with Gasteiger partial charge in [-0.2, -0.15) is 5.10 Å². The molecule has 4 aromatic rings. The highest BCUT2D eigenvalue weighted by Gasteiger charge is 2.15. The lowest BCUT2D eigenvalue weighted by molar-refractivity contribution is -0.384. The normalized spacial score (nSPS) is 11.5. The quantitative estimate of drug-likeness (QED) is 0.169. The monoisotopic (exact) mass is 453 g/mol. The van der Waals surface area contributed by atoms with Crippen LogP contribution in [0.4, 0.5) is 5.69 Å². The molecule has 2 amide bonds. The van der Waals surface area contributed by atoms with Crippen molar-refractivity contribution in [3.05, 3.63) is 118 Å². The molecule has 168 valence electrons. The molecule has 3 aromatic carbocycles. The number of hydrogen-bond acceptors (Lipinski definition) is 5. The molecule has 9 nitrogen and oxygen atoms in total. The Morgan fingerprint density at radius 2 is 1.65 bits per heavy atom. The van der Waals surface area contributed by atoms with Gasteiger partial charge in [0, 0.05) is 40.4 Å². The minimum atomic E-state index is -0.654. The largest absolute Gasteiger partial charge is 0.361 e. The summed E-state index contributed by atoms with van der Waals surface area (Å²) < 4.78 is 0. The molecule has 0 saturated carbocycles. The third-order valence-electron chi connectivity index (χ3n) is 4.93. The smallest absolute Gasteiger partial charge is 0.287 e. The second kappa shape index (κ2) is 10.0. The first-order valence-corrected chi connectivity index (χ1v) is 10.2. The van der Waals surface area contributed by atoms with Gasteiger partial charge in [-0.3, -0.25) is 19.7 Å². The van der Waals surface area contributed by atoms with Crippen LogP contribution >= 0.6 is 0 Å². The first kappa shape index (κ1) is 22.2. The summed E-state index contributed by atoms with van der Waals surface area (Å²) in [5.74, 6) is -1.14. The van der Waals surface area contributed by atoms with Gasteiger partial charge in [0.1, 0.15) is 5.70 Å². The van der Waals surface area contributed by atoms with E-state index in [9.17, 15) is 19.7 Å². The molecular formula is C25H19N5O4. The van der Waals surface area contributed by atoms with Gasteiger partial charge in [0.05, 0.1) is 11.1 Å². The predicted molar refractivity (Wildman–Crippen MR) is 129 cm³/mol. The number of nitrogens with one attached hydrogen (secondary N) is 3. The third-order valence-corrected chi connectivity index (χ3v) is 4.93. The highest BCUT2D eigenvalue weighted by Crippen LogP contribution is 2.16. The van der Waals surface area contributed by atoms with Gasteiger partial charge in [-0.15, -0.1) is 0 Å². The number of H-pyrrole nitrogens is 1. The van der Waals surface area contributed by atoms with Gasteiger partial charge >= 0.3 is 0 Å². The lowest BCUT2D eigenvalue weighted by Gasteiger charge is -2.09. The highest BCUT2D eigenvalue weighted by atomic mass is 16.6. The van der Waals surface area contributed by atoms with E-state index in [1.165, 1.54) is 36.6 Å². The second-order valence-corrected chi connectivity index (χ2v) is 7.22. The summed E-state index contributed by atoms with van der Waals surface area (Å²) in [6.07, 6.45) is 4.69. The maximum absolute atomic E-state index is 12.9. The molecule has 9 heteroatoms. The maximum Gasteiger partial charge on any atom is 0.287 e. The van der Waals surface area contributed by atoms with Crippen LogP contribution in [-0.4, -0.2) is 27.9 Å². The van der Waals surface area contributed by atoms with Gasteiger partial charge in [0.15, 0.2) is 0 Å². The Morgan fingerprint density at radius 3 is 2.38 bits per heavy atom. The third kappa shape index (κ3) is 5.22. The Morgan fingerprint density at radius 1 is 0.941 bits per heavy atom. The maximum atomic E-state index is 12.9. The molecule has 0 saturated heterocycles. The number of nitro benzene ring substituents is 1. The van der Waals surface area contributed by atoms with Crippen molar-refractivity contribution >= 4 is 40.7 Å². The molecule has 0 atom stereocenters. The van der Waals surface area contributed by atoms with E-state index in [1.807, 2.05) is 24.3 Å². The number of aromatic nitrogens is 1. The number of hydrazone groups is 1. The highest BCUT2D eigenvalue weighted by molar-refractivity contribution is 6.06. The second-order valence-electron chi connectivity index (χ2n) is 7.22. The number of carbonyl (C=O) groups is 2. The lowest BCUT2D eigenvalue weighted by atomic mass is 10.1. The SMILES string of the molecule is O=C(N/N=C/c1c[nH]c2ccccc12)/C(=C/c1ccc([N+](=O)[O-])cc1)NC(=O)c1ccccc1. The molecule has 34 heavy (non-hydrogen) atoms. The summed E-state index contributed by atoms with van der Waals surface area (Å²) in [6.45, 7) is 0. The summed E-state index contributed by atoms with van der Waals surface area (Å²) in [5, 5.41) is 18.4. The van der Waals surface area contributed by atoms with Gasteiger partial charge in [-0.25, -0.2) is 5.43 Å². The molecule has 0 fully saturated rings. The van der Waals surface area contributed by atoms with Crippen molar-refractivity contribution in [2.75, 3.05) is 0 Å². The number of amides is 2. The fourth-order valence-electron chi connectivity index (χ4n) is 3.22. The average molecular weight is 453 g/mol. The number of carbonyl (C=O) groups excluding carboxylic acids is 2. The van der Waals surface area contributed by atoms with Crippen LogP contribution in [0.1, 0.15) is 21.5 Å². The predicted octanol–water partition coefficient (Wildman–Crippen LogP) is 4.00. The molecule has 3 N–H and O–H groups in total. The lowest BCUT2D eigenvalue weighted by Crippen LogP contribution is -2.32. The number of hydrogen-bond donors (Lipinski definition) is 3. The molecule has 1 heterocycles. The van der Waals surface area contributed by atoms with Crippen molar-refractivity contribution in [1.29, 1.82) is 0 Å². The number of benzene rings is 3. The molecule has 0 unspecified atom stereocenters. The first-order chi connectivity index (χ1) is 16.5. The summed E-state index contributed by atoms with van der Waals surface area (Å²) in [5.41, 5.74) is 4.84. The van der Waals surface area contributed by atoms with E-state index in [0.717, 1.165) is 16.5 Å². The zero-order chi connectivity index (χ0) is 23.9.